The lowest BCUT2D eigenvalue weighted by atomic mass is 10.1. The molecule has 1 unspecified atom stereocenters. The molecule has 1 aliphatic carbocycles. The Morgan fingerprint density at radius 2 is 1.07 bits per heavy atom. The van der Waals surface area contributed by atoms with E-state index in [-0.39, 0.29) is 54.0 Å². The number of Topliss-reactive ketones (excluding diaryl/α,β-unsaturated/α-hetero) is 3. The number of carboxylic acids is 2. The van der Waals surface area contributed by atoms with Gasteiger partial charge in [-0.25, -0.2) is 14.4 Å². The molecule has 0 bridgehead atoms. The van der Waals surface area contributed by atoms with E-state index in [4.69, 9.17) is 73.0 Å². The second kappa shape index (κ2) is 48.9. The van der Waals surface area contributed by atoms with Crippen molar-refractivity contribution in [2.75, 3.05) is 56.8 Å². The predicted molar refractivity (Wildman–Crippen MR) is 466 cm³/mol. The van der Waals surface area contributed by atoms with E-state index in [0.29, 0.717) is 55.1 Å². The van der Waals surface area contributed by atoms with Crippen LogP contribution in [0.2, 0.25) is 20.1 Å². The summed E-state index contributed by atoms with van der Waals surface area (Å²) < 4.78 is 17.9. The molecule has 37 heteroatoms. The number of halogens is 8. The van der Waals surface area contributed by atoms with Crippen LogP contribution in [0.3, 0.4) is 0 Å². The van der Waals surface area contributed by atoms with Crippen molar-refractivity contribution >= 4 is 236 Å². The molecule has 1 aliphatic heterocycles. The number of amides is 2. The molecule has 1 saturated carbocycles. The molecule has 2 fully saturated rings. The summed E-state index contributed by atoms with van der Waals surface area (Å²) >= 11 is 38.4. The van der Waals surface area contributed by atoms with Crippen LogP contribution in [0.4, 0.5) is 5.69 Å². The summed E-state index contributed by atoms with van der Waals surface area (Å²) in [5, 5.41) is 60.5. The highest BCUT2D eigenvalue weighted by Crippen LogP contribution is 2.31. The topological polar surface area (TPSA) is 421 Å². The van der Waals surface area contributed by atoms with Crippen molar-refractivity contribution in [1.82, 2.24) is 55.3 Å². The predicted octanol–water partition coefficient (Wildman–Crippen LogP) is 16.6. The number of H-pyrrole nitrogens is 4. The number of aromatic nitrogens is 9. The molecule has 7 aromatic carbocycles. The minimum absolute atomic E-state index is 0.00694. The van der Waals surface area contributed by atoms with E-state index >= 15 is 0 Å². The van der Waals surface area contributed by atoms with Gasteiger partial charge in [0.25, 0.3) is 23.0 Å². The molecule has 15 rings (SSSR count). The van der Waals surface area contributed by atoms with Gasteiger partial charge in [0, 0.05) is 136 Å². The normalized spacial score (nSPS) is 11.8. The van der Waals surface area contributed by atoms with Crippen molar-refractivity contribution in [1.29, 1.82) is 0 Å². The van der Waals surface area contributed by atoms with Crippen molar-refractivity contribution < 1.29 is 77.3 Å². The maximum atomic E-state index is 11.9. The Kier molecular flexibility index (Phi) is 39.8. The maximum absolute atomic E-state index is 11.9. The zero-order chi connectivity index (χ0) is 86.7. The van der Waals surface area contributed by atoms with Gasteiger partial charge in [0.15, 0.2) is 6.29 Å². The number of nitro groups is 1. The highest BCUT2D eigenvalue weighted by molar-refractivity contribution is 9.12. The molecular formula is C81H80Br3Cl5N12O17. The number of para-hydroxylation sites is 3. The Labute approximate surface area is 725 Å². The summed E-state index contributed by atoms with van der Waals surface area (Å²) in [6, 6.07) is 41.9. The fraction of sp³-hybridized carbons (Fsp3) is 0.247. The van der Waals surface area contributed by atoms with Gasteiger partial charge in [-0.15, -0.1) is 11.6 Å². The number of carbonyl (C=O) groups excluding carboxylic acids is 8. The minimum atomic E-state index is -1.44. The lowest BCUT2D eigenvalue weighted by Gasteiger charge is -2.00. The number of aryl methyl sites for hydroxylation is 1. The molecule has 622 valence electrons. The summed E-state index contributed by atoms with van der Waals surface area (Å²) in [7, 11) is 5.62. The standard InChI is InChI=1S/C13H12BrNO3.C13H14ClN3O2.C11H9NO3.C10H10ClN3O.C10H7NO3.C9H7ClN2O2.C7H4ClNO3.C4H7Cl.C2H4Br2.C2H6/c1-18-13(17)12(16)10-8-15(7-6-14)11-5-3-2-4-9(10)11;1-15-13(18)5-11-10-4-8(14)2-3-12(10)17(16-11)6-9-7-19-9;1-15-11(14)10(13)8-6-12-9-5-3-2-4-7(8)9;1-12-10(15)5-9-7-4-6(11)2-3-8(7)13-14-9;12-9(10(13)14)7-5-11-8-4-2-1-3-6(7)8;10-5-1-2-7-6(3-5)8(12-11-7)4-9(13)14;8-6-1-2-7(9(11)12)5(3-6)4-10;5-3-4-1-2-4;3-1-2-4;1-2/h2-5,8H,6-7H2,1H3;2-4,9H,5-7H2,1H3,(H,15,18);2-6,12H,1H3;2-4H,5H2,1H3,(H,12,15)(H,13,14);1-5,11H,(H,13,14);1-3H,4H2,(H,11,12)(H,13,14);1-4H;4H,1-3H2;1-2H2;1-2H3. The third-order valence-corrected chi connectivity index (χ3v) is 20.2. The molecule has 2 aliphatic rings. The van der Waals surface area contributed by atoms with E-state index < -0.39 is 46.2 Å². The molecular weight excluding hydrogens is 1830 g/mol. The number of carbonyl (C=O) groups is 10. The lowest BCUT2D eigenvalue weighted by molar-refractivity contribution is -0.385. The quantitative estimate of drug-likeness (QED) is 0.00513. The van der Waals surface area contributed by atoms with Gasteiger partial charge >= 0.3 is 23.9 Å². The molecule has 1 atom stereocenters. The molecule has 0 spiro atoms. The monoisotopic (exact) mass is 1900 g/mol. The molecule has 1 saturated heterocycles. The van der Waals surface area contributed by atoms with Crippen LogP contribution in [-0.4, -0.2) is 182 Å². The van der Waals surface area contributed by atoms with E-state index in [9.17, 15) is 58.1 Å². The van der Waals surface area contributed by atoms with Gasteiger partial charge in [0.1, 0.15) is 6.10 Å². The second-order valence-electron chi connectivity index (χ2n) is 24.5. The molecule has 8 N–H and O–H groups in total. The number of rotatable bonds is 20. The first-order valence-electron chi connectivity index (χ1n) is 35.7. The van der Waals surface area contributed by atoms with Crippen LogP contribution < -0.4 is 10.6 Å². The molecule has 118 heavy (non-hydrogen) atoms. The highest BCUT2D eigenvalue weighted by Gasteiger charge is 2.27. The van der Waals surface area contributed by atoms with E-state index in [0.717, 1.165) is 112 Å². The lowest BCUT2D eigenvalue weighted by Crippen LogP contribution is -2.20. The third-order valence-electron chi connectivity index (χ3n) is 16.6. The molecule has 13 aromatic rings. The van der Waals surface area contributed by atoms with Crippen molar-refractivity contribution in [3.63, 3.8) is 0 Å². The second-order valence-corrected chi connectivity index (χ2v) is 28.9. The number of carboxylic acid groups (broad SMARTS) is 2. The van der Waals surface area contributed by atoms with Gasteiger partial charge in [-0.2, -0.15) is 15.3 Å². The van der Waals surface area contributed by atoms with Crippen LogP contribution in [-0.2, 0) is 75.3 Å². The number of ketones is 3. The number of aromatic amines is 4. The summed E-state index contributed by atoms with van der Waals surface area (Å²) in [5.41, 5.74) is 7.86. The number of aldehydes is 1. The number of methoxy groups -OCH3 is 2. The number of fused-ring (bicyclic) bond motifs is 6. The van der Waals surface area contributed by atoms with E-state index in [1.165, 1.54) is 57.7 Å². The molecule has 0 radical (unpaired) electrons. The van der Waals surface area contributed by atoms with Crippen LogP contribution in [0.25, 0.3) is 65.4 Å². The number of hydrogen-bond donors (Lipinski definition) is 8. The SMILES string of the molecule is BrCCBr.CC.CNC(=O)Cc1[nH]nc2ccc(Cl)cc12.CNC(=O)Cc1nn(CC2CO2)c2ccc(Cl)cc12.COC(=O)C(=O)c1c[nH]c2ccccc12.COC(=O)C(=O)c1cn(CCBr)c2ccccc12.ClCC1CC1.O=C(O)C(=O)c1c[nH]c2ccccc12.O=C(O)Cc1[nH]nc2ccc(Cl)cc12.O=Cc1cc(Cl)ccc1[N+](=O)[O-]. The number of aliphatic carboxylic acids is 2. The highest BCUT2D eigenvalue weighted by atomic mass is 79.9. The van der Waals surface area contributed by atoms with Crippen molar-refractivity contribution in [2.24, 2.45) is 5.92 Å². The van der Waals surface area contributed by atoms with Crippen LogP contribution in [0.1, 0.15) is 85.2 Å². The number of nitrogens with one attached hydrogen (secondary N) is 6. The van der Waals surface area contributed by atoms with Crippen molar-refractivity contribution in [3.8, 4) is 0 Å². The maximum Gasteiger partial charge on any atom is 0.379 e. The van der Waals surface area contributed by atoms with Gasteiger partial charge < -0.3 is 49.6 Å². The minimum Gasteiger partial charge on any atom is -0.481 e. The Hall–Kier alpha value is -10.7. The zero-order valence-electron chi connectivity index (χ0n) is 64.0. The Morgan fingerprint density at radius 3 is 1.53 bits per heavy atom. The number of hydrogen-bond acceptors (Lipinski definition) is 18. The van der Waals surface area contributed by atoms with Crippen LogP contribution >= 0.6 is 106 Å². The summed E-state index contributed by atoms with van der Waals surface area (Å²) in [4.78, 5) is 127. The third kappa shape index (κ3) is 28.6. The molecule has 2 amide bonds. The molecule has 29 nitrogen and oxygen atoms in total. The van der Waals surface area contributed by atoms with Gasteiger partial charge in [0.05, 0.1) is 107 Å². The number of ether oxygens (including phenoxy) is 3. The van der Waals surface area contributed by atoms with Crippen molar-refractivity contribution in [2.45, 2.75) is 65.1 Å². The number of nitrogens with zero attached hydrogens (tertiary/aromatic N) is 6. The average molecular weight is 1910 g/mol. The summed E-state index contributed by atoms with van der Waals surface area (Å²) in [6.45, 7) is 6.22. The smallest absolute Gasteiger partial charge is 0.379 e. The summed E-state index contributed by atoms with van der Waals surface area (Å²) in [5.74, 6) is -4.47. The fourth-order valence-corrected chi connectivity index (χ4v) is 12.0. The van der Waals surface area contributed by atoms with E-state index in [1.807, 2.05) is 95.9 Å². The number of alkyl halides is 4. The number of benzene rings is 7. The summed E-state index contributed by atoms with van der Waals surface area (Å²) in [6.07, 6.45) is 8.51. The van der Waals surface area contributed by atoms with E-state index in [1.54, 1.807) is 74.9 Å². The Balaban J connectivity index is 0.000000210. The first kappa shape index (κ1) is 96.2. The van der Waals surface area contributed by atoms with Gasteiger partial charge in [-0.05, 0) is 104 Å². The number of esters is 2. The average Bonchev–Trinajstić information content (AvgIpc) is 1.64. The number of likely N-dealkylation sites (N-methyl/N-ethyl adjacent to an activating group) is 2. The van der Waals surface area contributed by atoms with Gasteiger partial charge in [-0.3, -0.25) is 58.6 Å². The first-order chi connectivity index (χ1) is 56.6. The van der Waals surface area contributed by atoms with Crippen molar-refractivity contribution in [3.05, 3.63) is 234 Å². The van der Waals surface area contributed by atoms with Gasteiger partial charge in [0.2, 0.25) is 11.8 Å². The largest absolute Gasteiger partial charge is 0.481 e. The Morgan fingerprint density at radius 1 is 0.602 bits per heavy atom. The van der Waals surface area contributed by atoms with Gasteiger partial charge in [-0.1, -0.05) is 163 Å². The van der Waals surface area contributed by atoms with Crippen LogP contribution in [0.15, 0.2) is 164 Å². The first-order valence-corrected chi connectivity index (χ1v) is 41.1. The molecule has 7 heterocycles. The van der Waals surface area contributed by atoms with E-state index in [2.05, 4.69) is 103 Å². The van der Waals surface area contributed by atoms with Crippen LogP contribution in [0.5, 0.6) is 0 Å². The zero-order valence-corrected chi connectivity index (χ0v) is 72.6. The van der Waals surface area contributed by atoms with Crippen LogP contribution in [0, 0.1) is 16.0 Å². The fourth-order valence-electron chi connectivity index (χ4n) is 10.6. The number of epoxide rings is 1. The molecule has 6 aromatic heterocycles. The Bertz CT molecular complexity index is 5660. The number of nitro benzene ring substituents is 1.